The number of carboxylic acids is 1. The van der Waals surface area contributed by atoms with Crippen molar-refractivity contribution in [3.05, 3.63) is 59.7 Å². The largest absolute Gasteiger partial charge is 0.480 e. The standard InChI is InChI=1S/C22H21F3N2O6/c23-22(24,25)18(19(29)26-17(9-10-28)20(30)31)27-21(32)33-11-16-14-7-3-1-5-12(14)13-6-2-4-8-15(13)16/h1-8,16-18,28H,9-11H2,(H,26,29)(H,27,32)(H,30,31). The van der Waals surface area contributed by atoms with Gasteiger partial charge in [0.2, 0.25) is 6.04 Å². The SMILES string of the molecule is O=C(NC(C(=O)NC(CCO)C(=O)O)C(F)(F)F)OCC1c2ccccc2-c2ccccc21. The number of aliphatic hydroxyl groups is 1. The number of benzene rings is 2. The van der Waals surface area contributed by atoms with Crippen molar-refractivity contribution in [2.24, 2.45) is 0 Å². The molecule has 2 amide bonds. The number of carbonyl (C=O) groups is 3. The molecule has 0 aromatic heterocycles. The van der Waals surface area contributed by atoms with E-state index in [0.717, 1.165) is 22.3 Å². The lowest BCUT2D eigenvalue weighted by atomic mass is 9.98. The first-order valence-electron chi connectivity index (χ1n) is 9.95. The molecule has 0 saturated heterocycles. The lowest BCUT2D eigenvalue weighted by molar-refractivity contribution is -0.169. The fourth-order valence-corrected chi connectivity index (χ4v) is 3.70. The van der Waals surface area contributed by atoms with Crippen molar-refractivity contribution < 1.29 is 42.5 Å². The molecule has 2 aromatic carbocycles. The molecule has 0 spiro atoms. The van der Waals surface area contributed by atoms with Crippen molar-refractivity contribution in [2.75, 3.05) is 13.2 Å². The third-order valence-corrected chi connectivity index (χ3v) is 5.23. The van der Waals surface area contributed by atoms with Gasteiger partial charge in [-0.05, 0) is 22.3 Å². The summed E-state index contributed by atoms with van der Waals surface area (Å²) in [6.45, 7) is -0.942. The van der Waals surface area contributed by atoms with Crippen LogP contribution < -0.4 is 10.6 Å². The minimum Gasteiger partial charge on any atom is -0.480 e. The van der Waals surface area contributed by atoms with Gasteiger partial charge in [-0.15, -0.1) is 0 Å². The number of alkyl carbamates (subject to hydrolysis) is 1. The second-order valence-corrected chi connectivity index (χ2v) is 7.36. The lowest BCUT2D eigenvalue weighted by Gasteiger charge is -2.23. The predicted octanol–water partition coefficient (Wildman–Crippen LogP) is 2.41. The van der Waals surface area contributed by atoms with E-state index in [4.69, 9.17) is 14.9 Å². The Labute approximate surface area is 186 Å². The summed E-state index contributed by atoms with van der Waals surface area (Å²) < 4.78 is 45.2. The Balaban J connectivity index is 1.69. The van der Waals surface area contributed by atoms with Crippen LogP contribution in [0.25, 0.3) is 11.1 Å². The summed E-state index contributed by atoms with van der Waals surface area (Å²) >= 11 is 0. The zero-order chi connectivity index (χ0) is 24.2. The molecule has 3 rings (SSSR count). The highest BCUT2D eigenvalue weighted by Gasteiger charge is 2.47. The second kappa shape index (κ2) is 9.90. The van der Waals surface area contributed by atoms with Crippen LogP contribution in [0.2, 0.25) is 0 Å². The van der Waals surface area contributed by atoms with Crippen molar-refractivity contribution in [1.29, 1.82) is 0 Å². The van der Waals surface area contributed by atoms with Crippen LogP contribution in [0.5, 0.6) is 0 Å². The van der Waals surface area contributed by atoms with Crippen LogP contribution in [-0.4, -0.2) is 59.7 Å². The number of rotatable bonds is 8. The van der Waals surface area contributed by atoms with Gasteiger partial charge in [0, 0.05) is 18.9 Å². The molecule has 0 heterocycles. The monoisotopic (exact) mass is 466 g/mol. The van der Waals surface area contributed by atoms with Crippen molar-refractivity contribution in [3.63, 3.8) is 0 Å². The van der Waals surface area contributed by atoms with E-state index >= 15 is 0 Å². The van der Waals surface area contributed by atoms with Gasteiger partial charge in [0.15, 0.2) is 0 Å². The van der Waals surface area contributed by atoms with Gasteiger partial charge in [-0.1, -0.05) is 48.5 Å². The molecule has 0 aliphatic heterocycles. The van der Waals surface area contributed by atoms with Gasteiger partial charge >= 0.3 is 18.2 Å². The molecule has 0 bridgehead atoms. The van der Waals surface area contributed by atoms with E-state index < -0.39 is 55.2 Å². The summed E-state index contributed by atoms with van der Waals surface area (Å²) in [7, 11) is 0. The van der Waals surface area contributed by atoms with Crippen LogP contribution in [0.15, 0.2) is 48.5 Å². The highest BCUT2D eigenvalue weighted by Crippen LogP contribution is 2.44. The van der Waals surface area contributed by atoms with Crippen LogP contribution in [0.3, 0.4) is 0 Å². The van der Waals surface area contributed by atoms with E-state index in [1.165, 1.54) is 5.32 Å². The summed E-state index contributed by atoms with van der Waals surface area (Å²) in [5.41, 5.74) is 3.56. The Hall–Kier alpha value is -3.60. The molecule has 2 atom stereocenters. The quantitative estimate of drug-likeness (QED) is 0.474. The number of hydrogen-bond donors (Lipinski definition) is 4. The molecule has 4 N–H and O–H groups in total. The van der Waals surface area contributed by atoms with Gasteiger partial charge in [0.1, 0.15) is 12.6 Å². The summed E-state index contributed by atoms with van der Waals surface area (Å²) in [6.07, 6.45) is -7.20. The maximum absolute atomic E-state index is 13.4. The number of aliphatic hydroxyl groups excluding tert-OH is 1. The first-order valence-corrected chi connectivity index (χ1v) is 9.95. The molecule has 0 fully saturated rings. The molecular weight excluding hydrogens is 445 g/mol. The molecule has 2 unspecified atom stereocenters. The average Bonchev–Trinajstić information content (AvgIpc) is 3.08. The predicted molar refractivity (Wildman–Crippen MR) is 109 cm³/mol. The molecule has 1 aliphatic carbocycles. The molecule has 11 heteroatoms. The van der Waals surface area contributed by atoms with E-state index in [2.05, 4.69) is 0 Å². The molecule has 1 aliphatic rings. The van der Waals surface area contributed by atoms with Crippen LogP contribution in [0.4, 0.5) is 18.0 Å². The smallest absolute Gasteiger partial charge is 0.417 e. The van der Waals surface area contributed by atoms with Crippen LogP contribution in [0.1, 0.15) is 23.5 Å². The van der Waals surface area contributed by atoms with E-state index in [1.807, 2.05) is 36.4 Å². The summed E-state index contributed by atoms with van der Waals surface area (Å²) in [5.74, 6) is -3.81. The third-order valence-electron chi connectivity index (χ3n) is 5.23. The summed E-state index contributed by atoms with van der Waals surface area (Å²) in [4.78, 5) is 35.3. The average molecular weight is 466 g/mol. The number of nitrogens with one attached hydrogen (secondary N) is 2. The molecule has 0 radical (unpaired) electrons. The minimum atomic E-state index is -5.21. The van der Waals surface area contributed by atoms with Gasteiger partial charge in [-0.2, -0.15) is 13.2 Å². The van der Waals surface area contributed by atoms with Crippen LogP contribution in [-0.2, 0) is 14.3 Å². The zero-order valence-corrected chi connectivity index (χ0v) is 17.1. The number of ether oxygens (including phenoxy) is 1. The molecule has 176 valence electrons. The first-order chi connectivity index (χ1) is 15.6. The molecular formula is C22H21F3N2O6. The fraction of sp³-hybridized carbons (Fsp3) is 0.318. The summed E-state index contributed by atoms with van der Waals surface area (Å²) in [6, 6.07) is 9.96. The summed E-state index contributed by atoms with van der Waals surface area (Å²) in [5, 5.41) is 20.9. The minimum absolute atomic E-state index is 0.270. The maximum Gasteiger partial charge on any atom is 0.417 e. The third kappa shape index (κ3) is 5.43. The Morgan fingerprint density at radius 2 is 1.52 bits per heavy atom. The first kappa shape index (κ1) is 24.1. The number of alkyl halides is 3. The van der Waals surface area contributed by atoms with Gasteiger partial charge in [0.05, 0.1) is 0 Å². The second-order valence-electron chi connectivity index (χ2n) is 7.36. The normalized spacial score (nSPS) is 14.5. The van der Waals surface area contributed by atoms with E-state index in [-0.39, 0.29) is 6.61 Å². The van der Waals surface area contributed by atoms with Crippen LogP contribution in [0, 0.1) is 0 Å². The Morgan fingerprint density at radius 3 is 2.00 bits per heavy atom. The zero-order valence-electron chi connectivity index (χ0n) is 17.1. The van der Waals surface area contributed by atoms with Crippen molar-refractivity contribution in [3.8, 4) is 11.1 Å². The lowest BCUT2D eigenvalue weighted by Crippen LogP contribution is -2.58. The van der Waals surface area contributed by atoms with Gasteiger partial charge in [0.25, 0.3) is 5.91 Å². The van der Waals surface area contributed by atoms with Crippen LogP contribution >= 0.6 is 0 Å². The van der Waals surface area contributed by atoms with Crippen molar-refractivity contribution >= 4 is 18.0 Å². The van der Waals surface area contributed by atoms with Gasteiger partial charge < -0.3 is 25.6 Å². The number of halogens is 3. The highest BCUT2D eigenvalue weighted by atomic mass is 19.4. The van der Waals surface area contributed by atoms with E-state index in [9.17, 15) is 27.6 Å². The van der Waals surface area contributed by atoms with Crippen molar-refractivity contribution in [1.82, 2.24) is 10.6 Å². The fourth-order valence-electron chi connectivity index (χ4n) is 3.70. The molecule has 2 aromatic rings. The van der Waals surface area contributed by atoms with Gasteiger partial charge in [-0.25, -0.2) is 9.59 Å². The Bertz CT molecular complexity index is 997. The number of carbonyl (C=O) groups excluding carboxylic acids is 2. The Morgan fingerprint density at radius 1 is 0.970 bits per heavy atom. The molecule has 0 saturated carbocycles. The highest BCUT2D eigenvalue weighted by molar-refractivity contribution is 5.90. The Kier molecular flexibility index (Phi) is 7.22. The maximum atomic E-state index is 13.4. The number of fused-ring (bicyclic) bond motifs is 3. The number of hydrogen-bond acceptors (Lipinski definition) is 5. The molecule has 8 nitrogen and oxygen atoms in total. The van der Waals surface area contributed by atoms with E-state index in [0.29, 0.717) is 0 Å². The number of carboxylic acid groups (broad SMARTS) is 1. The molecule has 33 heavy (non-hydrogen) atoms. The number of aliphatic carboxylic acids is 1. The topological polar surface area (TPSA) is 125 Å². The van der Waals surface area contributed by atoms with Crippen molar-refractivity contribution in [2.45, 2.75) is 30.6 Å². The van der Waals surface area contributed by atoms with Gasteiger partial charge in [-0.3, -0.25) is 4.79 Å². The number of amides is 2. The van der Waals surface area contributed by atoms with E-state index in [1.54, 1.807) is 17.4 Å².